The van der Waals surface area contributed by atoms with E-state index in [0.29, 0.717) is 22.9 Å². The molecular weight excluding hydrogens is 358 g/mol. The lowest BCUT2D eigenvalue weighted by Crippen LogP contribution is -2.39. The molecule has 1 fully saturated rings. The second-order valence-electron chi connectivity index (χ2n) is 6.61. The number of benzene rings is 2. The summed E-state index contributed by atoms with van der Waals surface area (Å²) in [6.45, 7) is 1.90. The number of piperidine rings is 1. The highest BCUT2D eigenvalue weighted by molar-refractivity contribution is 6.01. The number of hydrogen-bond acceptors (Lipinski definition) is 5. The molecule has 1 aliphatic heterocycles. The molecule has 1 heterocycles. The molecule has 150 valence electrons. The summed E-state index contributed by atoms with van der Waals surface area (Å²) < 4.78 is 16.1. The third-order valence-electron chi connectivity index (χ3n) is 4.85. The third-order valence-corrected chi connectivity index (χ3v) is 4.85. The van der Waals surface area contributed by atoms with E-state index in [0.717, 1.165) is 31.6 Å². The van der Waals surface area contributed by atoms with Crippen LogP contribution >= 0.6 is 0 Å². The van der Waals surface area contributed by atoms with Crippen molar-refractivity contribution in [3.8, 4) is 11.5 Å². The van der Waals surface area contributed by atoms with Crippen LogP contribution in [0.25, 0.3) is 0 Å². The van der Waals surface area contributed by atoms with E-state index in [1.54, 1.807) is 32.4 Å². The second-order valence-corrected chi connectivity index (χ2v) is 6.61. The minimum Gasteiger partial charge on any atom is -0.493 e. The minimum absolute atomic E-state index is 0.273. The van der Waals surface area contributed by atoms with Crippen LogP contribution in [0.2, 0.25) is 0 Å². The van der Waals surface area contributed by atoms with Gasteiger partial charge in [0.15, 0.2) is 11.5 Å². The summed E-state index contributed by atoms with van der Waals surface area (Å²) in [5, 5.41) is 5.63. The Labute approximate surface area is 165 Å². The first kappa shape index (κ1) is 19.8. The third kappa shape index (κ3) is 4.67. The zero-order valence-corrected chi connectivity index (χ0v) is 16.5. The van der Waals surface area contributed by atoms with Gasteiger partial charge in [-0.1, -0.05) is 6.07 Å². The first-order chi connectivity index (χ1) is 13.6. The Bertz CT molecular complexity index is 795. The molecule has 2 amide bonds. The maximum Gasteiger partial charge on any atom is 0.323 e. The standard InChI is InChI=1S/C21H27N3O4/c1-26-17-6-5-13-24(14-17)16-11-9-15(10-12-16)22-21(25)23-18-7-4-8-19(27-2)20(18)28-3/h4,7-12,17H,5-6,13-14H2,1-3H3,(H2,22,23,25). The molecule has 0 bridgehead atoms. The molecule has 2 aromatic rings. The average Bonchev–Trinajstić information content (AvgIpc) is 2.74. The van der Waals surface area contributed by atoms with E-state index >= 15 is 0 Å². The fourth-order valence-electron chi connectivity index (χ4n) is 3.39. The Hall–Kier alpha value is -2.93. The molecule has 7 heteroatoms. The number of carbonyl (C=O) groups excluding carboxylic acids is 1. The Morgan fingerprint density at radius 3 is 2.50 bits per heavy atom. The molecule has 28 heavy (non-hydrogen) atoms. The number of amides is 2. The van der Waals surface area contributed by atoms with Gasteiger partial charge in [-0.3, -0.25) is 0 Å². The SMILES string of the molecule is COc1cccc(NC(=O)Nc2ccc(N3CCCC(OC)C3)cc2)c1OC. The molecule has 1 aliphatic rings. The van der Waals surface area contributed by atoms with Gasteiger partial charge < -0.3 is 29.7 Å². The van der Waals surface area contributed by atoms with E-state index in [4.69, 9.17) is 14.2 Å². The first-order valence-corrected chi connectivity index (χ1v) is 9.31. The summed E-state index contributed by atoms with van der Waals surface area (Å²) in [5.41, 5.74) is 2.38. The largest absolute Gasteiger partial charge is 0.493 e. The van der Waals surface area contributed by atoms with Gasteiger partial charge in [0.2, 0.25) is 0 Å². The van der Waals surface area contributed by atoms with Crippen molar-refractivity contribution in [2.45, 2.75) is 18.9 Å². The van der Waals surface area contributed by atoms with E-state index in [1.807, 2.05) is 24.3 Å². The van der Waals surface area contributed by atoms with Gasteiger partial charge in [-0.05, 0) is 49.2 Å². The van der Waals surface area contributed by atoms with Crippen LogP contribution in [-0.4, -0.2) is 46.6 Å². The Kier molecular flexibility index (Phi) is 6.60. The van der Waals surface area contributed by atoms with Gasteiger partial charge in [-0.2, -0.15) is 0 Å². The predicted octanol–water partition coefficient (Wildman–Crippen LogP) is 3.96. The van der Waals surface area contributed by atoms with Crippen molar-refractivity contribution in [1.29, 1.82) is 0 Å². The zero-order valence-electron chi connectivity index (χ0n) is 16.5. The normalized spacial score (nSPS) is 16.4. The Morgan fingerprint density at radius 1 is 1.04 bits per heavy atom. The van der Waals surface area contributed by atoms with Crippen LogP contribution in [0.1, 0.15) is 12.8 Å². The first-order valence-electron chi connectivity index (χ1n) is 9.31. The van der Waals surface area contributed by atoms with Crippen molar-refractivity contribution in [1.82, 2.24) is 0 Å². The van der Waals surface area contributed by atoms with Crippen LogP contribution in [0, 0.1) is 0 Å². The van der Waals surface area contributed by atoms with Crippen LogP contribution in [0.5, 0.6) is 11.5 Å². The van der Waals surface area contributed by atoms with Crippen LogP contribution < -0.4 is 25.0 Å². The monoisotopic (exact) mass is 385 g/mol. The van der Waals surface area contributed by atoms with Crippen molar-refractivity contribution in [3.05, 3.63) is 42.5 Å². The van der Waals surface area contributed by atoms with Crippen LogP contribution in [0.4, 0.5) is 21.9 Å². The fourth-order valence-corrected chi connectivity index (χ4v) is 3.39. The smallest absolute Gasteiger partial charge is 0.323 e. The lowest BCUT2D eigenvalue weighted by molar-refractivity contribution is 0.0893. The van der Waals surface area contributed by atoms with E-state index in [-0.39, 0.29) is 12.1 Å². The van der Waals surface area contributed by atoms with Gasteiger partial charge >= 0.3 is 6.03 Å². The van der Waals surface area contributed by atoms with Gasteiger partial charge in [0.1, 0.15) is 0 Å². The topological polar surface area (TPSA) is 72.1 Å². The lowest BCUT2D eigenvalue weighted by atomic mass is 10.1. The molecule has 2 N–H and O–H groups in total. The van der Waals surface area contributed by atoms with Gasteiger partial charge in [0.25, 0.3) is 0 Å². The lowest BCUT2D eigenvalue weighted by Gasteiger charge is -2.33. The summed E-state index contributed by atoms with van der Waals surface area (Å²) in [4.78, 5) is 14.7. The number of carbonyl (C=O) groups is 1. The van der Waals surface area contributed by atoms with Crippen molar-refractivity contribution < 1.29 is 19.0 Å². The van der Waals surface area contributed by atoms with Gasteiger partial charge in [0.05, 0.1) is 26.0 Å². The van der Waals surface area contributed by atoms with Crippen molar-refractivity contribution >= 4 is 23.1 Å². The number of nitrogens with one attached hydrogen (secondary N) is 2. The molecule has 7 nitrogen and oxygen atoms in total. The zero-order chi connectivity index (χ0) is 19.9. The highest BCUT2D eigenvalue weighted by Crippen LogP contribution is 2.34. The average molecular weight is 385 g/mol. The van der Waals surface area contributed by atoms with Crippen LogP contribution in [0.15, 0.2) is 42.5 Å². The number of anilines is 3. The van der Waals surface area contributed by atoms with Gasteiger partial charge in [0, 0.05) is 31.6 Å². The van der Waals surface area contributed by atoms with E-state index in [1.165, 1.54) is 7.11 Å². The highest BCUT2D eigenvalue weighted by Gasteiger charge is 2.19. The molecule has 3 rings (SSSR count). The summed E-state index contributed by atoms with van der Waals surface area (Å²) in [5.74, 6) is 1.04. The van der Waals surface area contributed by atoms with Crippen LogP contribution in [0.3, 0.4) is 0 Å². The number of ether oxygens (including phenoxy) is 3. The number of methoxy groups -OCH3 is 3. The van der Waals surface area contributed by atoms with Gasteiger partial charge in [-0.25, -0.2) is 4.79 Å². The van der Waals surface area contributed by atoms with Crippen molar-refractivity contribution in [3.63, 3.8) is 0 Å². The quantitative estimate of drug-likeness (QED) is 0.787. The molecule has 0 radical (unpaired) electrons. The number of rotatable bonds is 6. The Balaban J connectivity index is 1.62. The molecule has 1 saturated heterocycles. The molecular formula is C21H27N3O4. The van der Waals surface area contributed by atoms with Crippen LogP contribution in [-0.2, 0) is 4.74 Å². The number of nitrogens with zero attached hydrogens (tertiary/aromatic N) is 1. The summed E-state index contributed by atoms with van der Waals surface area (Å²) in [6, 6.07) is 12.8. The Morgan fingerprint density at radius 2 is 1.82 bits per heavy atom. The van der Waals surface area contributed by atoms with Gasteiger partial charge in [-0.15, -0.1) is 0 Å². The van der Waals surface area contributed by atoms with Crippen molar-refractivity contribution in [2.75, 3.05) is 50.0 Å². The summed E-state index contributed by atoms with van der Waals surface area (Å²) in [7, 11) is 4.85. The van der Waals surface area contributed by atoms with E-state index in [9.17, 15) is 4.79 Å². The number of urea groups is 1. The van der Waals surface area contributed by atoms with Crippen molar-refractivity contribution in [2.24, 2.45) is 0 Å². The van der Waals surface area contributed by atoms with E-state index < -0.39 is 0 Å². The number of para-hydroxylation sites is 1. The molecule has 1 unspecified atom stereocenters. The second kappa shape index (κ2) is 9.32. The molecule has 0 spiro atoms. The molecule has 0 saturated carbocycles. The molecule has 0 aliphatic carbocycles. The number of hydrogen-bond donors (Lipinski definition) is 2. The molecule has 2 aromatic carbocycles. The maximum atomic E-state index is 12.4. The highest BCUT2D eigenvalue weighted by atomic mass is 16.5. The minimum atomic E-state index is -0.350. The maximum absolute atomic E-state index is 12.4. The fraction of sp³-hybridized carbons (Fsp3) is 0.381. The molecule has 1 atom stereocenters. The molecule has 0 aromatic heterocycles. The predicted molar refractivity (Wildman–Crippen MR) is 111 cm³/mol. The summed E-state index contributed by atoms with van der Waals surface area (Å²) in [6.07, 6.45) is 2.49. The van der Waals surface area contributed by atoms with E-state index in [2.05, 4.69) is 15.5 Å². The summed E-state index contributed by atoms with van der Waals surface area (Å²) >= 11 is 0.